The van der Waals surface area contributed by atoms with E-state index in [1.54, 1.807) is 6.20 Å². The molecule has 1 aromatic carbocycles. The minimum absolute atomic E-state index is 0.227. The molecular formula is C16H17NO3. The van der Waals surface area contributed by atoms with Crippen molar-refractivity contribution in [2.24, 2.45) is 0 Å². The Hall–Kier alpha value is -2.36. The maximum absolute atomic E-state index is 11.8. The van der Waals surface area contributed by atoms with E-state index in [0.29, 0.717) is 5.56 Å². The van der Waals surface area contributed by atoms with Crippen molar-refractivity contribution in [3.05, 3.63) is 63.6 Å². The Labute approximate surface area is 117 Å². The van der Waals surface area contributed by atoms with Gasteiger partial charge in [-0.15, -0.1) is 0 Å². The maximum Gasteiger partial charge on any atom is 0.308 e. The molecule has 1 aromatic heterocycles. The van der Waals surface area contributed by atoms with Gasteiger partial charge in [0.25, 0.3) is 0 Å². The van der Waals surface area contributed by atoms with E-state index >= 15 is 0 Å². The van der Waals surface area contributed by atoms with E-state index in [1.807, 2.05) is 35.8 Å². The zero-order chi connectivity index (χ0) is 14.7. The molecule has 0 aliphatic heterocycles. The quantitative estimate of drug-likeness (QED) is 0.928. The van der Waals surface area contributed by atoms with Crippen LogP contribution in [0.4, 0.5) is 0 Å². The Morgan fingerprint density at radius 2 is 1.95 bits per heavy atom. The second kappa shape index (κ2) is 5.74. The molecule has 2 aromatic rings. The first-order valence-electron chi connectivity index (χ1n) is 6.55. The first kappa shape index (κ1) is 14.1. The molecule has 1 heterocycles. The van der Waals surface area contributed by atoms with Crippen LogP contribution in [0.25, 0.3) is 5.69 Å². The summed E-state index contributed by atoms with van der Waals surface area (Å²) in [5.41, 5.74) is 3.01. The predicted octanol–water partition coefficient (Wildman–Crippen LogP) is 2.34. The van der Waals surface area contributed by atoms with Crippen LogP contribution in [0.2, 0.25) is 0 Å². The fourth-order valence-corrected chi connectivity index (χ4v) is 2.27. The van der Waals surface area contributed by atoms with Gasteiger partial charge in [-0.05, 0) is 25.0 Å². The highest BCUT2D eigenvalue weighted by molar-refractivity contribution is 5.70. The Kier molecular flexibility index (Phi) is 4.03. The number of aromatic nitrogens is 1. The lowest BCUT2D eigenvalue weighted by molar-refractivity contribution is -0.136. The van der Waals surface area contributed by atoms with Gasteiger partial charge in [0.1, 0.15) is 0 Å². The van der Waals surface area contributed by atoms with E-state index in [-0.39, 0.29) is 11.8 Å². The maximum atomic E-state index is 11.8. The van der Waals surface area contributed by atoms with Gasteiger partial charge >= 0.3 is 5.97 Å². The number of hydrogen-bond donors (Lipinski definition) is 1. The fraction of sp³-hybridized carbons (Fsp3) is 0.250. The summed E-state index contributed by atoms with van der Waals surface area (Å²) in [4.78, 5) is 22.7. The summed E-state index contributed by atoms with van der Waals surface area (Å²) in [6.45, 7) is 3.91. The number of aliphatic carboxylic acids is 1. The predicted molar refractivity (Wildman–Crippen MR) is 77.5 cm³/mol. The van der Waals surface area contributed by atoms with E-state index in [2.05, 4.69) is 6.92 Å². The minimum Gasteiger partial charge on any atom is -0.481 e. The molecule has 1 N–H and O–H groups in total. The monoisotopic (exact) mass is 271 g/mol. The largest absolute Gasteiger partial charge is 0.481 e. The molecule has 0 saturated carbocycles. The number of pyridine rings is 1. The molecule has 0 spiro atoms. The molecule has 0 saturated heterocycles. The highest BCUT2D eigenvalue weighted by Gasteiger charge is 2.10. The molecule has 0 fully saturated rings. The molecule has 20 heavy (non-hydrogen) atoms. The normalized spacial score (nSPS) is 10.5. The van der Waals surface area contributed by atoms with Gasteiger partial charge in [0.15, 0.2) is 5.43 Å². The van der Waals surface area contributed by atoms with Crippen LogP contribution in [0.5, 0.6) is 0 Å². The van der Waals surface area contributed by atoms with Crippen molar-refractivity contribution in [3.63, 3.8) is 0 Å². The smallest absolute Gasteiger partial charge is 0.308 e. The third kappa shape index (κ3) is 2.79. The van der Waals surface area contributed by atoms with Crippen molar-refractivity contribution in [1.82, 2.24) is 4.57 Å². The summed E-state index contributed by atoms with van der Waals surface area (Å²) in [5.74, 6) is -0.999. The van der Waals surface area contributed by atoms with E-state index in [9.17, 15) is 9.59 Å². The molecule has 0 atom stereocenters. The molecule has 0 aliphatic rings. The van der Waals surface area contributed by atoms with Crippen molar-refractivity contribution in [3.8, 4) is 5.69 Å². The topological polar surface area (TPSA) is 59.3 Å². The number of carboxylic acids is 1. The van der Waals surface area contributed by atoms with Gasteiger partial charge in [0.2, 0.25) is 0 Å². The summed E-state index contributed by atoms with van der Waals surface area (Å²) < 4.78 is 1.89. The number of para-hydroxylation sites is 1. The summed E-state index contributed by atoms with van der Waals surface area (Å²) in [6.07, 6.45) is 2.25. The zero-order valence-corrected chi connectivity index (χ0v) is 11.6. The van der Waals surface area contributed by atoms with Gasteiger partial charge in [-0.25, -0.2) is 0 Å². The molecule has 0 unspecified atom stereocenters. The first-order chi connectivity index (χ1) is 9.52. The molecular weight excluding hydrogens is 254 g/mol. The van der Waals surface area contributed by atoms with Crippen LogP contribution in [0, 0.1) is 6.92 Å². The van der Waals surface area contributed by atoms with Gasteiger partial charge in [-0.2, -0.15) is 0 Å². The Morgan fingerprint density at radius 1 is 1.25 bits per heavy atom. The van der Waals surface area contributed by atoms with Crippen molar-refractivity contribution in [2.45, 2.75) is 26.7 Å². The van der Waals surface area contributed by atoms with Crippen molar-refractivity contribution >= 4 is 5.97 Å². The summed E-state index contributed by atoms with van der Waals surface area (Å²) in [5, 5.41) is 8.87. The summed E-state index contributed by atoms with van der Waals surface area (Å²) in [6, 6.07) is 9.40. The number of rotatable bonds is 4. The lowest BCUT2D eigenvalue weighted by Gasteiger charge is -2.15. The molecule has 4 nitrogen and oxygen atoms in total. The number of nitrogens with zero attached hydrogens (tertiary/aromatic N) is 1. The van der Waals surface area contributed by atoms with E-state index in [4.69, 9.17) is 5.11 Å². The van der Waals surface area contributed by atoms with E-state index in [1.165, 1.54) is 6.07 Å². The average molecular weight is 271 g/mol. The number of carboxylic acid groups (broad SMARTS) is 1. The third-order valence-corrected chi connectivity index (χ3v) is 3.30. The van der Waals surface area contributed by atoms with Gasteiger partial charge in [-0.1, -0.05) is 25.1 Å². The molecule has 4 heteroatoms. The zero-order valence-electron chi connectivity index (χ0n) is 11.6. The van der Waals surface area contributed by atoms with E-state index < -0.39 is 5.97 Å². The Balaban J connectivity index is 2.62. The molecule has 0 aliphatic carbocycles. The average Bonchev–Trinajstić information content (AvgIpc) is 2.41. The first-order valence-corrected chi connectivity index (χ1v) is 6.55. The minimum atomic E-state index is -0.999. The summed E-state index contributed by atoms with van der Waals surface area (Å²) >= 11 is 0. The van der Waals surface area contributed by atoms with E-state index in [0.717, 1.165) is 23.4 Å². The van der Waals surface area contributed by atoms with Crippen LogP contribution < -0.4 is 5.43 Å². The van der Waals surface area contributed by atoms with Crippen molar-refractivity contribution in [1.29, 1.82) is 0 Å². The molecule has 0 radical (unpaired) electrons. The van der Waals surface area contributed by atoms with Crippen LogP contribution in [-0.4, -0.2) is 15.6 Å². The highest BCUT2D eigenvalue weighted by Crippen LogP contribution is 2.17. The number of carbonyl (C=O) groups is 1. The van der Waals surface area contributed by atoms with Crippen LogP contribution in [0.3, 0.4) is 0 Å². The molecule has 0 amide bonds. The van der Waals surface area contributed by atoms with Gasteiger partial charge in [0.05, 0.1) is 6.42 Å². The number of hydrogen-bond acceptors (Lipinski definition) is 2. The molecule has 104 valence electrons. The number of benzene rings is 1. The van der Waals surface area contributed by atoms with Crippen molar-refractivity contribution in [2.75, 3.05) is 0 Å². The third-order valence-electron chi connectivity index (χ3n) is 3.30. The van der Waals surface area contributed by atoms with Crippen LogP contribution in [0.1, 0.15) is 23.7 Å². The molecule has 2 rings (SSSR count). The number of aryl methyl sites for hydroxylation is 2. The SMILES string of the molecule is CCc1ccccc1-n1cc(CC(=O)O)c(=O)cc1C. The molecule has 0 bridgehead atoms. The van der Waals surface area contributed by atoms with Gasteiger partial charge in [0, 0.05) is 29.2 Å². The Bertz CT molecular complexity index is 701. The van der Waals surface area contributed by atoms with Crippen molar-refractivity contribution < 1.29 is 9.90 Å². The van der Waals surface area contributed by atoms with Crippen LogP contribution >= 0.6 is 0 Å². The van der Waals surface area contributed by atoms with Crippen LogP contribution in [-0.2, 0) is 17.6 Å². The lowest BCUT2D eigenvalue weighted by Crippen LogP contribution is -2.17. The Morgan fingerprint density at radius 3 is 2.60 bits per heavy atom. The van der Waals surface area contributed by atoms with Gasteiger partial charge in [-0.3, -0.25) is 9.59 Å². The lowest BCUT2D eigenvalue weighted by atomic mass is 10.1. The summed E-state index contributed by atoms with van der Waals surface area (Å²) in [7, 11) is 0. The second-order valence-corrected chi connectivity index (χ2v) is 4.73. The van der Waals surface area contributed by atoms with Gasteiger partial charge < -0.3 is 9.67 Å². The van der Waals surface area contributed by atoms with Crippen LogP contribution in [0.15, 0.2) is 41.3 Å². The standard InChI is InChI=1S/C16H17NO3/c1-3-12-6-4-5-7-14(12)17-10-13(9-16(19)20)15(18)8-11(17)2/h4-8,10H,3,9H2,1-2H3,(H,19,20). The second-order valence-electron chi connectivity index (χ2n) is 4.73. The fourth-order valence-electron chi connectivity index (χ4n) is 2.27. The highest BCUT2D eigenvalue weighted by atomic mass is 16.4.